The van der Waals surface area contributed by atoms with Gasteiger partial charge in [0.15, 0.2) is 0 Å². The lowest BCUT2D eigenvalue weighted by Gasteiger charge is -2.16. The Morgan fingerprint density at radius 3 is 2.88 bits per heavy atom. The topological polar surface area (TPSA) is 73.8 Å². The molecule has 2 aromatic rings. The largest absolute Gasteiger partial charge is 0.392 e. The molecule has 2 rings (SSSR count). The number of aryl methyl sites for hydroxylation is 1. The monoisotopic (exact) mass is 234 g/mol. The molecule has 0 saturated heterocycles. The first-order chi connectivity index (χ1) is 8.09. The van der Waals surface area contributed by atoms with Crippen molar-refractivity contribution in [1.82, 2.24) is 20.5 Å². The van der Waals surface area contributed by atoms with Gasteiger partial charge >= 0.3 is 0 Å². The van der Waals surface area contributed by atoms with Gasteiger partial charge in [-0.05, 0) is 20.8 Å². The Kier molecular flexibility index (Phi) is 3.40. The number of rotatable bonds is 4. The highest BCUT2D eigenvalue weighted by atomic mass is 16.3. The van der Waals surface area contributed by atoms with Crippen molar-refractivity contribution in [1.29, 1.82) is 0 Å². The molecule has 2 heterocycles. The summed E-state index contributed by atoms with van der Waals surface area (Å²) < 4.78 is 0. The smallest absolute Gasteiger partial charge is 0.0731 e. The zero-order valence-corrected chi connectivity index (χ0v) is 10.4. The summed E-state index contributed by atoms with van der Waals surface area (Å²) >= 11 is 0. The third kappa shape index (κ3) is 2.45. The minimum absolute atomic E-state index is 0.126. The Bertz CT molecular complexity index is 506. The van der Waals surface area contributed by atoms with Crippen molar-refractivity contribution in [3.05, 3.63) is 23.7 Å². The second-order valence-corrected chi connectivity index (χ2v) is 4.44. The molecule has 1 unspecified atom stereocenters. The third-order valence-corrected chi connectivity index (χ3v) is 2.90. The molecule has 0 saturated carbocycles. The first-order valence-corrected chi connectivity index (χ1v) is 5.79. The lowest BCUT2D eigenvalue weighted by molar-refractivity contribution is 0.187. The predicted molar refractivity (Wildman–Crippen MR) is 66.7 cm³/mol. The summed E-state index contributed by atoms with van der Waals surface area (Å²) in [4.78, 5) is 4.37. The van der Waals surface area contributed by atoms with Crippen molar-refractivity contribution in [2.75, 3.05) is 6.54 Å². The first kappa shape index (κ1) is 12.0. The molecule has 0 amide bonds. The Morgan fingerprint density at radius 2 is 2.18 bits per heavy atom. The first-order valence-electron chi connectivity index (χ1n) is 5.79. The number of aliphatic hydroxyl groups is 1. The minimum Gasteiger partial charge on any atom is -0.392 e. The summed E-state index contributed by atoms with van der Waals surface area (Å²) in [5, 5.41) is 20.6. The van der Waals surface area contributed by atoms with Crippen LogP contribution in [0.2, 0.25) is 0 Å². The van der Waals surface area contributed by atoms with Crippen LogP contribution >= 0.6 is 0 Å². The van der Waals surface area contributed by atoms with Gasteiger partial charge in [0.1, 0.15) is 0 Å². The van der Waals surface area contributed by atoms with E-state index >= 15 is 0 Å². The third-order valence-electron chi connectivity index (χ3n) is 2.90. The molecule has 0 spiro atoms. The molecule has 0 aliphatic carbocycles. The van der Waals surface area contributed by atoms with Crippen LogP contribution < -0.4 is 5.32 Å². The number of pyridine rings is 1. The molecule has 2 aromatic heterocycles. The Hall–Kier alpha value is -1.46. The van der Waals surface area contributed by atoms with E-state index < -0.39 is 0 Å². The molecule has 5 nitrogen and oxygen atoms in total. The second kappa shape index (κ2) is 4.81. The number of nitrogens with zero attached hydrogens (tertiary/aromatic N) is 2. The van der Waals surface area contributed by atoms with Crippen LogP contribution in [0.3, 0.4) is 0 Å². The average molecular weight is 234 g/mol. The zero-order chi connectivity index (χ0) is 12.4. The van der Waals surface area contributed by atoms with Gasteiger partial charge in [0.2, 0.25) is 0 Å². The van der Waals surface area contributed by atoms with Crippen LogP contribution in [0, 0.1) is 6.92 Å². The van der Waals surface area contributed by atoms with Crippen LogP contribution in [0.5, 0.6) is 0 Å². The van der Waals surface area contributed by atoms with Gasteiger partial charge in [-0.25, -0.2) is 0 Å². The maximum atomic E-state index is 9.27. The Morgan fingerprint density at radius 1 is 1.41 bits per heavy atom. The van der Waals surface area contributed by atoms with Crippen molar-refractivity contribution < 1.29 is 5.11 Å². The van der Waals surface area contributed by atoms with Gasteiger partial charge in [0, 0.05) is 35.4 Å². The van der Waals surface area contributed by atoms with Gasteiger partial charge in [0.05, 0.1) is 17.8 Å². The van der Waals surface area contributed by atoms with Crippen LogP contribution in [0.4, 0.5) is 0 Å². The number of aliphatic hydroxyl groups excluding tert-OH is 1. The maximum absolute atomic E-state index is 9.27. The van der Waals surface area contributed by atoms with Gasteiger partial charge in [-0.3, -0.25) is 10.1 Å². The summed E-state index contributed by atoms with van der Waals surface area (Å²) in [5.41, 5.74) is 3.06. The van der Waals surface area contributed by atoms with E-state index in [4.69, 9.17) is 0 Å². The Balaban J connectivity index is 2.29. The van der Waals surface area contributed by atoms with Gasteiger partial charge in [-0.15, -0.1) is 0 Å². The lowest BCUT2D eigenvalue weighted by atomic mass is 10.1. The van der Waals surface area contributed by atoms with Gasteiger partial charge < -0.3 is 10.4 Å². The molecule has 92 valence electrons. The second-order valence-electron chi connectivity index (χ2n) is 4.44. The van der Waals surface area contributed by atoms with E-state index in [2.05, 4.69) is 27.4 Å². The van der Waals surface area contributed by atoms with Gasteiger partial charge in [0.25, 0.3) is 0 Å². The van der Waals surface area contributed by atoms with Gasteiger partial charge in [-0.1, -0.05) is 0 Å². The SMILES string of the molecule is Cc1ncc([C@H](C)NCC(C)O)c2[nH]ncc12. The van der Waals surface area contributed by atoms with E-state index in [1.54, 1.807) is 13.1 Å². The molecule has 0 bridgehead atoms. The quantitative estimate of drug-likeness (QED) is 0.745. The number of nitrogens with one attached hydrogen (secondary N) is 2. The number of hydrogen-bond acceptors (Lipinski definition) is 4. The highest BCUT2D eigenvalue weighted by molar-refractivity contribution is 5.83. The van der Waals surface area contributed by atoms with E-state index in [1.807, 2.05) is 13.1 Å². The normalized spacial score (nSPS) is 15.1. The van der Waals surface area contributed by atoms with Crippen molar-refractivity contribution in [3.8, 4) is 0 Å². The fraction of sp³-hybridized carbons (Fsp3) is 0.500. The van der Waals surface area contributed by atoms with Crippen molar-refractivity contribution in [2.45, 2.75) is 32.9 Å². The zero-order valence-electron chi connectivity index (χ0n) is 10.4. The average Bonchev–Trinajstić information content (AvgIpc) is 2.76. The molecule has 2 atom stereocenters. The molecule has 5 heteroatoms. The standard InChI is InChI=1S/C12H18N4O/c1-7(17)4-13-8(2)10-5-14-9(3)11-6-15-16-12(10)11/h5-8,13,17H,4H2,1-3H3,(H,15,16)/t7?,8-/m0/s1. The number of aromatic amines is 1. The summed E-state index contributed by atoms with van der Waals surface area (Å²) in [6, 6.07) is 0.126. The number of aromatic nitrogens is 3. The van der Waals surface area contributed by atoms with Crippen LogP contribution in [0.25, 0.3) is 10.9 Å². The van der Waals surface area contributed by atoms with Crippen molar-refractivity contribution >= 4 is 10.9 Å². The molecule has 0 aliphatic heterocycles. The van der Waals surface area contributed by atoms with E-state index in [9.17, 15) is 5.11 Å². The maximum Gasteiger partial charge on any atom is 0.0731 e. The van der Waals surface area contributed by atoms with Gasteiger partial charge in [-0.2, -0.15) is 5.10 Å². The fourth-order valence-electron chi connectivity index (χ4n) is 1.87. The molecule has 0 aliphatic rings. The summed E-state index contributed by atoms with van der Waals surface area (Å²) in [5.74, 6) is 0. The summed E-state index contributed by atoms with van der Waals surface area (Å²) in [7, 11) is 0. The van der Waals surface area contributed by atoms with Crippen molar-refractivity contribution in [2.24, 2.45) is 0 Å². The molecule has 3 N–H and O–H groups in total. The van der Waals surface area contributed by atoms with Crippen LogP contribution in [0.15, 0.2) is 12.4 Å². The van der Waals surface area contributed by atoms with E-state index in [0.29, 0.717) is 6.54 Å². The molecule has 17 heavy (non-hydrogen) atoms. The predicted octanol–water partition coefficient (Wildman–Crippen LogP) is 1.30. The molecular formula is C12H18N4O. The molecule has 0 aromatic carbocycles. The highest BCUT2D eigenvalue weighted by Crippen LogP contribution is 2.22. The number of hydrogen-bond donors (Lipinski definition) is 3. The van der Waals surface area contributed by atoms with Crippen LogP contribution in [-0.4, -0.2) is 32.9 Å². The molecular weight excluding hydrogens is 216 g/mol. The minimum atomic E-state index is -0.354. The molecule has 0 radical (unpaired) electrons. The highest BCUT2D eigenvalue weighted by Gasteiger charge is 2.13. The summed E-state index contributed by atoms with van der Waals surface area (Å²) in [6.07, 6.45) is 3.30. The van der Waals surface area contributed by atoms with E-state index in [1.165, 1.54) is 0 Å². The van der Waals surface area contributed by atoms with Crippen molar-refractivity contribution in [3.63, 3.8) is 0 Å². The Labute approximate surface area is 100 Å². The molecule has 0 fully saturated rings. The fourth-order valence-corrected chi connectivity index (χ4v) is 1.87. The lowest BCUT2D eigenvalue weighted by Crippen LogP contribution is -2.27. The van der Waals surface area contributed by atoms with Crippen LogP contribution in [-0.2, 0) is 0 Å². The number of fused-ring (bicyclic) bond motifs is 1. The van der Waals surface area contributed by atoms with E-state index in [-0.39, 0.29) is 12.1 Å². The van der Waals surface area contributed by atoms with E-state index in [0.717, 1.165) is 22.2 Å². The summed E-state index contributed by atoms with van der Waals surface area (Å²) in [6.45, 7) is 6.34. The van der Waals surface area contributed by atoms with Crippen LogP contribution in [0.1, 0.15) is 31.1 Å². The number of H-pyrrole nitrogens is 1.